The van der Waals surface area contributed by atoms with Crippen molar-refractivity contribution < 1.29 is 4.79 Å². The molecule has 3 atom stereocenters. The van der Waals surface area contributed by atoms with Gasteiger partial charge in [-0.1, -0.05) is 24.3 Å². The molecule has 0 heterocycles. The number of hydrogen-bond donors (Lipinski definition) is 1. The maximum Gasteiger partial charge on any atom is 0.221 e. The van der Waals surface area contributed by atoms with Crippen LogP contribution in [0.25, 0.3) is 0 Å². The summed E-state index contributed by atoms with van der Waals surface area (Å²) in [5, 5.41) is 0. The molecule has 2 heteroatoms. The van der Waals surface area contributed by atoms with E-state index in [-0.39, 0.29) is 11.8 Å². The number of primary amides is 1. The molecular formula is C12H13NO. The first kappa shape index (κ1) is 8.04. The molecule has 1 amide bonds. The molecule has 0 aromatic heterocycles. The fourth-order valence-electron chi connectivity index (χ4n) is 2.80. The summed E-state index contributed by atoms with van der Waals surface area (Å²) in [6.07, 6.45) is 2.01. The first-order valence-electron chi connectivity index (χ1n) is 5.14. The number of nitrogens with two attached hydrogens (primary N) is 1. The average Bonchev–Trinajstić information content (AvgIpc) is 2.95. The highest BCUT2D eigenvalue weighted by Gasteiger charge is 2.49. The lowest BCUT2D eigenvalue weighted by Crippen LogP contribution is -2.29. The number of fused-ring (bicyclic) bond motifs is 3. The Labute approximate surface area is 83.1 Å². The van der Waals surface area contributed by atoms with Crippen LogP contribution >= 0.6 is 0 Å². The Morgan fingerprint density at radius 3 is 2.93 bits per heavy atom. The third kappa shape index (κ3) is 0.999. The second-order valence-corrected chi connectivity index (χ2v) is 4.42. The van der Waals surface area contributed by atoms with E-state index in [1.165, 1.54) is 11.1 Å². The molecule has 0 radical (unpaired) electrons. The molecule has 0 spiro atoms. The molecule has 0 bridgehead atoms. The van der Waals surface area contributed by atoms with Crippen molar-refractivity contribution in [1.82, 2.24) is 0 Å². The molecule has 3 rings (SSSR count). The van der Waals surface area contributed by atoms with Gasteiger partial charge >= 0.3 is 0 Å². The Hall–Kier alpha value is -1.31. The van der Waals surface area contributed by atoms with Crippen LogP contribution in [-0.4, -0.2) is 5.91 Å². The Bertz CT molecular complexity index is 399. The largest absolute Gasteiger partial charge is 0.369 e. The van der Waals surface area contributed by atoms with Gasteiger partial charge in [0.2, 0.25) is 5.91 Å². The number of carbonyl (C=O) groups is 1. The zero-order valence-corrected chi connectivity index (χ0v) is 7.94. The van der Waals surface area contributed by atoms with Crippen molar-refractivity contribution in [2.24, 2.45) is 17.6 Å². The first-order chi connectivity index (χ1) is 6.77. The van der Waals surface area contributed by atoms with Gasteiger partial charge in [0.25, 0.3) is 0 Å². The van der Waals surface area contributed by atoms with E-state index < -0.39 is 0 Å². The Morgan fingerprint density at radius 2 is 2.14 bits per heavy atom. The molecule has 3 unspecified atom stereocenters. The lowest BCUT2D eigenvalue weighted by atomic mass is 9.83. The monoisotopic (exact) mass is 187 g/mol. The molecule has 1 aromatic carbocycles. The van der Waals surface area contributed by atoms with Crippen LogP contribution in [0.5, 0.6) is 0 Å². The molecule has 2 N–H and O–H groups in total. The predicted octanol–water partition coefficient (Wildman–Crippen LogP) is 1.45. The van der Waals surface area contributed by atoms with Gasteiger partial charge in [-0.05, 0) is 35.8 Å². The fourth-order valence-corrected chi connectivity index (χ4v) is 2.80. The SMILES string of the molecule is NC(=O)C1Cc2ccccc2C2CC12. The summed E-state index contributed by atoms with van der Waals surface area (Å²) >= 11 is 0. The van der Waals surface area contributed by atoms with Gasteiger partial charge in [-0.2, -0.15) is 0 Å². The highest BCUT2D eigenvalue weighted by Crippen LogP contribution is 2.56. The minimum atomic E-state index is -0.119. The summed E-state index contributed by atoms with van der Waals surface area (Å²) in [6, 6.07) is 8.44. The lowest BCUT2D eigenvalue weighted by Gasteiger charge is -2.21. The van der Waals surface area contributed by atoms with Crippen LogP contribution < -0.4 is 5.73 Å². The zero-order chi connectivity index (χ0) is 9.71. The van der Waals surface area contributed by atoms with Gasteiger partial charge in [0.05, 0.1) is 0 Å². The van der Waals surface area contributed by atoms with E-state index in [0.29, 0.717) is 11.8 Å². The summed E-state index contributed by atoms with van der Waals surface area (Å²) in [5.74, 6) is 1.14. The fraction of sp³-hybridized carbons (Fsp3) is 0.417. The van der Waals surface area contributed by atoms with E-state index >= 15 is 0 Å². The number of hydrogen-bond acceptors (Lipinski definition) is 1. The van der Waals surface area contributed by atoms with Gasteiger partial charge in [0.15, 0.2) is 0 Å². The summed E-state index contributed by atoms with van der Waals surface area (Å²) in [5.41, 5.74) is 8.18. The standard InChI is InChI=1S/C12H13NO/c13-12(14)11-5-7-3-1-2-4-8(7)9-6-10(9)11/h1-4,9-11H,5-6H2,(H2,13,14). The number of carbonyl (C=O) groups excluding carboxylic acids is 1. The van der Waals surface area contributed by atoms with E-state index in [0.717, 1.165) is 12.8 Å². The van der Waals surface area contributed by atoms with E-state index in [2.05, 4.69) is 18.2 Å². The molecular weight excluding hydrogens is 174 g/mol. The average molecular weight is 187 g/mol. The molecule has 0 aliphatic heterocycles. The molecule has 1 saturated carbocycles. The van der Waals surface area contributed by atoms with Crippen LogP contribution in [0.4, 0.5) is 0 Å². The van der Waals surface area contributed by atoms with Crippen LogP contribution in [0.15, 0.2) is 24.3 Å². The van der Waals surface area contributed by atoms with Crippen molar-refractivity contribution in [2.45, 2.75) is 18.8 Å². The quantitative estimate of drug-likeness (QED) is 0.710. The van der Waals surface area contributed by atoms with Crippen LogP contribution in [0.1, 0.15) is 23.5 Å². The molecule has 72 valence electrons. The predicted molar refractivity (Wildman–Crippen MR) is 53.7 cm³/mol. The normalized spacial score (nSPS) is 33.0. The molecule has 1 aromatic rings. The van der Waals surface area contributed by atoms with Crippen molar-refractivity contribution in [1.29, 1.82) is 0 Å². The Kier molecular flexibility index (Phi) is 1.49. The number of benzene rings is 1. The maximum absolute atomic E-state index is 11.2. The summed E-state index contributed by atoms with van der Waals surface area (Å²) in [6.45, 7) is 0. The van der Waals surface area contributed by atoms with Crippen molar-refractivity contribution >= 4 is 5.91 Å². The van der Waals surface area contributed by atoms with Crippen LogP contribution in [0.2, 0.25) is 0 Å². The molecule has 2 aliphatic rings. The minimum Gasteiger partial charge on any atom is -0.369 e. The van der Waals surface area contributed by atoms with Gasteiger partial charge in [0, 0.05) is 5.92 Å². The van der Waals surface area contributed by atoms with Crippen molar-refractivity contribution in [3.05, 3.63) is 35.4 Å². The van der Waals surface area contributed by atoms with Crippen molar-refractivity contribution in [3.8, 4) is 0 Å². The van der Waals surface area contributed by atoms with Crippen LogP contribution in [0.3, 0.4) is 0 Å². The van der Waals surface area contributed by atoms with E-state index in [9.17, 15) is 4.79 Å². The van der Waals surface area contributed by atoms with E-state index in [4.69, 9.17) is 5.73 Å². The second kappa shape index (κ2) is 2.59. The smallest absolute Gasteiger partial charge is 0.221 e. The summed E-state index contributed by atoms with van der Waals surface area (Å²) in [4.78, 5) is 11.2. The van der Waals surface area contributed by atoms with Crippen molar-refractivity contribution in [3.63, 3.8) is 0 Å². The molecule has 1 fully saturated rings. The van der Waals surface area contributed by atoms with Crippen molar-refractivity contribution in [2.75, 3.05) is 0 Å². The maximum atomic E-state index is 11.2. The van der Waals surface area contributed by atoms with Crippen LogP contribution in [0, 0.1) is 11.8 Å². The topological polar surface area (TPSA) is 43.1 Å². The van der Waals surface area contributed by atoms with Gasteiger partial charge in [-0.25, -0.2) is 0 Å². The van der Waals surface area contributed by atoms with Gasteiger partial charge in [-0.3, -0.25) is 4.79 Å². The highest BCUT2D eigenvalue weighted by molar-refractivity contribution is 5.78. The third-order valence-electron chi connectivity index (χ3n) is 3.62. The zero-order valence-electron chi connectivity index (χ0n) is 7.94. The summed E-state index contributed by atoms with van der Waals surface area (Å²) < 4.78 is 0. The molecule has 14 heavy (non-hydrogen) atoms. The van der Waals surface area contributed by atoms with Gasteiger partial charge < -0.3 is 5.73 Å². The van der Waals surface area contributed by atoms with Crippen LogP contribution in [-0.2, 0) is 11.2 Å². The van der Waals surface area contributed by atoms with E-state index in [1.807, 2.05) is 6.07 Å². The molecule has 0 saturated heterocycles. The Balaban J connectivity index is 2.01. The molecule has 2 nitrogen and oxygen atoms in total. The minimum absolute atomic E-state index is 0.0925. The summed E-state index contributed by atoms with van der Waals surface area (Å²) in [7, 11) is 0. The number of rotatable bonds is 1. The first-order valence-corrected chi connectivity index (χ1v) is 5.14. The number of amides is 1. The second-order valence-electron chi connectivity index (χ2n) is 4.42. The van der Waals surface area contributed by atoms with Gasteiger partial charge in [-0.15, -0.1) is 0 Å². The highest BCUT2D eigenvalue weighted by atomic mass is 16.1. The lowest BCUT2D eigenvalue weighted by molar-refractivity contribution is -0.122. The Morgan fingerprint density at radius 1 is 1.36 bits per heavy atom. The third-order valence-corrected chi connectivity index (χ3v) is 3.62. The van der Waals surface area contributed by atoms with E-state index in [1.54, 1.807) is 0 Å². The van der Waals surface area contributed by atoms with Gasteiger partial charge in [0.1, 0.15) is 0 Å². The molecule has 2 aliphatic carbocycles.